The van der Waals surface area contributed by atoms with Gasteiger partial charge in [0.2, 0.25) is 0 Å². The summed E-state index contributed by atoms with van der Waals surface area (Å²) in [5.41, 5.74) is 3.14. The van der Waals surface area contributed by atoms with Gasteiger partial charge in [-0.1, -0.05) is 43.0 Å². The Morgan fingerprint density at radius 1 is 1.21 bits per heavy atom. The minimum atomic E-state index is -4.36. The van der Waals surface area contributed by atoms with Crippen LogP contribution in [0, 0.1) is 0 Å². The molecule has 146 valence electrons. The quantitative estimate of drug-likeness (QED) is 0.611. The second kappa shape index (κ2) is 7.00. The molecule has 4 rings (SSSR count). The van der Waals surface area contributed by atoms with Crippen LogP contribution in [0.5, 0.6) is 0 Å². The van der Waals surface area contributed by atoms with Crippen LogP contribution in [0.3, 0.4) is 0 Å². The normalized spacial score (nSPS) is 20.6. The summed E-state index contributed by atoms with van der Waals surface area (Å²) in [4.78, 5) is 14.2. The van der Waals surface area contributed by atoms with E-state index in [0.717, 1.165) is 41.7 Å². The van der Waals surface area contributed by atoms with E-state index in [2.05, 4.69) is 12.6 Å². The van der Waals surface area contributed by atoms with Crippen molar-refractivity contribution in [3.63, 3.8) is 0 Å². The molecule has 1 amide bonds. The van der Waals surface area contributed by atoms with Crippen LogP contribution in [0.2, 0.25) is 0 Å². The average Bonchev–Trinajstić information content (AvgIpc) is 2.98. The van der Waals surface area contributed by atoms with Crippen molar-refractivity contribution >= 4 is 6.09 Å². The van der Waals surface area contributed by atoms with Crippen LogP contribution in [-0.2, 0) is 10.9 Å². The number of rotatable bonds is 3. The van der Waals surface area contributed by atoms with Gasteiger partial charge in [-0.15, -0.1) is 0 Å². The molecule has 0 radical (unpaired) electrons. The maximum atomic E-state index is 12.9. The fourth-order valence-corrected chi connectivity index (χ4v) is 4.35. The first-order valence-electron chi connectivity index (χ1n) is 9.25. The van der Waals surface area contributed by atoms with E-state index in [1.165, 1.54) is 23.8 Å². The van der Waals surface area contributed by atoms with Gasteiger partial charge in [0, 0.05) is 6.54 Å². The van der Waals surface area contributed by atoms with Gasteiger partial charge in [0.1, 0.15) is 6.61 Å². The molecule has 6 heteroatoms. The Hall–Kier alpha value is -2.76. The van der Waals surface area contributed by atoms with E-state index in [4.69, 9.17) is 4.74 Å². The van der Waals surface area contributed by atoms with Crippen molar-refractivity contribution in [2.45, 2.75) is 31.0 Å². The maximum Gasteiger partial charge on any atom is 0.416 e. The third-order valence-electron chi connectivity index (χ3n) is 5.60. The number of hydrogen-bond acceptors (Lipinski definition) is 2. The lowest BCUT2D eigenvalue weighted by atomic mass is 9.93. The van der Waals surface area contributed by atoms with E-state index >= 15 is 0 Å². The van der Waals surface area contributed by atoms with Crippen LogP contribution in [0.1, 0.15) is 41.5 Å². The van der Waals surface area contributed by atoms with Crippen molar-refractivity contribution in [3.8, 4) is 11.1 Å². The first kappa shape index (κ1) is 18.6. The molecule has 0 saturated carbocycles. The molecular formula is C22H20F3NO2. The monoisotopic (exact) mass is 387 g/mol. The number of halogens is 3. The van der Waals surface area contributed by atoms with Crippen molar-refractivity contribution in [2.75, 3.05) is 13.2 Å². The van der Waals surface area contributed by atoms with Crippen LogP contribution in [0.25, 0.3) is 11.1 Å². The molecule has 0 spiro atoms. The number of carbonyl (C=O) groups is 1. The summed E-state index contributed by atoms with van der Waals surface area (Å²) < 4.78 is 43.9. The van der Waals surface area contributed by atoms with Gasteiger partial charge >= 0.3 is 12.3 Å². The van der Waals surface area contributed by atoms with Crippen molar-refractivity contribution in [1.82, 2.24) is 4.90 Å². The van der Waals surface area contributed by atoms with Gasteiger partial charge in [-0.05, 0) is 53.1 Å². The van der Waals surface area contributed by atoms with Gasteiger partial charge in [-0.25, -0.2) is 4.79 Å². The Balaban J connectivity index is 1.72. The van der Waals surface area contributed by atoms with E-state index < -0.39 is 11.7 Å². The van der Waals surface area contributed by atoms with Gasteiger partial charge in [-0.3, -0.25) is 0 Å². The molecule has 3 nitrogen and oxygen atoms in total. The van der Waals surface area contributed by atoms with Gasteiger partial charge in [-0.2, -0.15) is 13.2 Å². The molecule has 2 aliphatic rings. The van der Waals surface area contributed by atoms with Gasteiger partial charge in [0.15, 0.2) is 0 Å². The molecule has 1 heterocycles. The molecule has 1 unspecified atom stereocenters. The van der Waals surface area contributed by atoms with Crippen molar-refractivity contribution in [2.24, 2.45) is 0 Å². The van der Waals surface area contributed by atoms with Gasteiger partial charge < -0.3 is 9.64 Å². The first-order valence-corrected chi connectivity index (χ1v) is 9.25. The minimum Gasteiger partial charge on any atom is -0.445 e. The predicted molar refractivity (Wildman–Crippen MR) is 99.8 cm³/mol. The number of ether oxygens (including phenoxy) is 1. The molecule has 0 N–H and O–H groups in total. The molecule has 2 bridgehead atoms. The number of likely N-dealkylation sites (tertiary alicyclic amines) is 1. The number of nitrogens with zero attached hydrogens (tertiary/aromatic N) is 1. The Morgan fingerprint density at radius 3 is 2.64 bits per heavy atom. The van der Waals surface area contributed by atoms with Crippen LogP contribution < -0.4 is 0 Å². The molecule has 0 aromatic heterocycles. The van der Waals surface area contributed by atoms with Crippen LogP contribution in [0.15, 0.2) is 55.1 Å². The lowest BCUT2D eigenvalue weighted by molar-refractivity contribution is -0.137. The third kappa shape index (κ3) is 3.17. The number of hydrogen-bond donors (Lipinski definition) is 0. The topological polar surface area (TPSA) is 29.5 Å². The Morgan fingerprint density at radius 2 is 1.96 bits per heavy atom. The maximum absolute atomic E-state index is 12.9. The molecular weight excluding hydrogens is 367 g/mol. The SMILES string of the molecule is C=CCOC(=O)N1CCC2C[C@H]1c1c(-c3ccc(C(F)(F)F)cc3)cccc12. The van der Waals surface area contributed by atoms with Crippen LogP contribution in [0.4, 0.5) is 18.0 Å². The first-order chi connectivity index (χ1) is 13.4. The van der Waals surface area contributed by atoms with Gasteiger partial charge in [0.25, 0.3) is 0 Å². The van der Waals surface area contributed by atoms with Crippen LogP contribution >= 0.6 is 0 Å². The number of alkyl halides is 3. The molecule has 28 heavy (non-hydrogen) atoms. The Kier molecular flexibility index (Phi) is 4.65. The summed E-state index contributed by atoms with van der Waals surface area (Å²) in [5.74, 6) is 0.359. The van der Waals surface area contributed by atoms with Gasteiger partial charge in [0.05, 0.1) is 11.6 Å². The highest BCUT2D eigenvalue weighted by molar-refractivity contribution is 5.75. The Bertz CT molecular complexity index is 905. The van der Waals surface area contributed by atoms with Crippen molar-refractivity contribution in [3.05, 3.63) is 71.8 Å². The number of amides is 1. The number of benzene rings is 2. The molecule has 2 aromatic rings. The second-order valence-electron chi connectivity index (χ2n) is 7.18. The van der Waals surface area contributed by atoms with E-state index in [1.54, 1.807) is 4.90 Å². The summed E-state index contributed by atoms with van der Waals surface area (Å²) >= 11 is 0. The lowest BCUT2D eigenvalue weighted by Crippen LogP contribution is -2.38. The summed E-state index contributed by atoms with van der Waals surface area (Å²) in [7, 11) is 0. The van der Waals surface area contributed by atoms with Crippen LogP contribution in [-0.4, -0.2) is 24.1 Å². The molecule has 1 fully saturated rings. The predicted octanol–water partition coefficient (Wildman–Crippen LogP) is 5.93. The largest absolute Gasteiger partial charge is 0.445 e. The number of piperidine rings is 1. The lowest BCUT2D eigenvalue weighted by Gasteiger charge is -2.33. The summed E-state index contributed by atoms with van der Waals surface area (Å²) in [6.07, 6.45) is -1.54. The molecule has 1 aliphatic carbocycles. The molecule has 1 aliphatic heterocycles. The molecule has 2 aromatic carbocycles. The Labute approximate surface area is 161 Å². The molecule has 1 saturated heterocycles. The standard InChI is InChI=1S/C22H20F3NO2/c1-2-12-28-21(27)26-11-10-15-13-19(26)20-17(4-3-5-18(15)20)14-6-8-16(9-7-14)22(23,24)25/h2-9,15,19H,1,10-13H2/t15?,19-/m0/s1. The second-order valence-corrected chi connectivity index (χ2v) is 7.18. The van der Waals surface area contributed by atoms with Crippen molar-refractivity contribution in [1.29, 1.82) is 0 Å². The summed E-state index contributed by atoms with van der Waals surface area (Å²) in [6, 6.07) is 11.0. The highest BCUT2D eigenvalue weighted by atomic mass is 19.4. The van der Waals surface area contributed by atoms with E-state index in [9.17, 15) is 18.0 Å². The van der Waals surface area contributed by atoms with E-state index in [1.807, 2.05) is 12.1 Å². The number of carbonyl (C=O) groups excluding carboxylic acids is 1. The smallest absolute Gasteiger partial charge is 0.416 e. The zero-order valence-corrected chi connectivity index (χ0v) is 15.2. The average molecular weight is 387 g/mol. The fraction of sp³-hybridized carbons (Fsp3) is 0.318. The summed E-state index contributed by atoms with van der Waals surface area (Å²) in [6.45, 7) is 4.32. The van der Waals surface area contributed by atoms with Crippen molar-refractivity contribution < 1.29 is 22.7 Å². The highest BCUT2D eigenvalue weighted by Gasteiger charge is 2.42. The molecule has 2 atom stereocenters. The zero-order chi connectivity index (χ0) is 19.9. The summed E-state index contributed by atoms with van der Waals surface area (Å²) in [5, 5.41) is 0. The van der Waals surface area contributed by atoms with E-state index in [0.29, 0.717) is 12.5 Å². The fourth-order valence-electron chi connectivity index (χ4n) is 4.35. The third-order valence-corrected chi connectivity index (χ3v) is 5.60. The highest BCUT2D eigenvalue weighted by Crippen LogP contribution is 2.52. The number of fused-ring (bicyclic) bond motifs is 5. The van der Waals surface area contributed by atoms with E-state index in [-0.39, 0.29) is 18.7 Å². The minimum absolute atomic E-state index is 0.121. The zero-order valence-electron chi connectivity index (χ0n) is 15.2.